The lowest BCUT2D eigenvalue weighted by Gasteiger charge is -2.64. The molecule has 0 aromatic carbocycles. The number of hydrogen-bond acceptors (Lipinski definition) is 9. The van der Waals surface area contributed by atoms with Gasteiger partial charge in [-0.25, -0.2) is 20.1 Å². The summed E-state index contributed by atoms with van der Waals surface area (Å²) in [6.45, 7) is 14.8. The predicted octanol–water partition coefficient (Wildman–Crippen LogP) is 3.62. The molecule has 12 nitrogen and oxygen atoms in total. The van der Waals surface area contributed by atoms with Crippen LogP contribution < -0.4 is 16.5 Å². The van der Waals surface area contributed by atoms with Crippen molar-refractivity contribution in [2.75, 3.05) is 6.54 Å². The molecule has 2 bridgehead atoms. The van der Waals surface area contributed by atoms with Crippen molar-refractivity contribution < 1.29 is 23.9 Å². The predicted molar refractivity (Wildman–Crippen MR) is 161 cm³/mol. The number of aromatic nitrogens is 1. The van der Waals surface area contributed by atoms with Gasteiger partial charge in [0.2, 0.25) is 5.91 Å². The summed E-state index contributed by atoms with van der Waals surface area (Å²) in [7, 11) is -0.568. The van der Waals surface area contributed by atoms with Crippen molar-refractivity contribution >= 4 is 36.1 Å². The van der Waals surface area contributed by atoms with E-state index in [2.05, 4.69) is 49.9 Å². The molecular formula is C28H45BN6O6S. The minimum Gasteiger partial charge on any atom is -0.404 e. The molecule has 1 aromatic rings. The van der Waals surface area contributed by atoms with Crippen LogP contribution in [0.15, 0.2) is 4.99 Å². The Hall–Kier alpha value is -2.58. The van der Waals surface area contributed by atoms with Crippen molar-refractivity contribution in [3.8, 4) is 0 Å². The molecule has 14 heteroatoms. The van der Waals surface area contributed by atoms with Crippen LogP contribution in [-0.4, -0.2) is 59.0 Å². The van der Waals surface area contributed by atoms with Crippen molar-refractivity contribution in [1.29, 1.82) is 0 Å². The molecule has 1 amide bonds. The maximum Gasteiger partial charge on any atom is 0.481 e. The average Bonchev–Trinajstić information content (AvgIpc) is 3.42. The number of thiazole rings is 1. The summed E-state index contributed by atoms with van der Waals surface area (Å²) in [5, 5.41) is 13.8. The Morgan fingerprint density at radius 1 is 1.29 bits per heavy atom. The minimum absolute atomic E-state index is 0.00291. The first kappa shape index (κ1) is 32.3. The van der Waals surface area contributed by atoms with E-state index in [-0.39, 0.29) is 54.0 Å². The number of carbonyl (C=O) groups excluding carboxylic acids is 2. The molecule has 2 heterocycles. The fourth-order valence-electron chi connectivity index (χ4n) is 7.22. The van der Waals surface area contributed by atoms with Gasteiger partial charge in [-0.3, -0.25) is 9.59 Å². The van der Waals surface area contributed by atoms with Crippen LogP contribution in [0.25, 0.3) is 0 Å². The largest absolute Gasteiger partial charge is 0.481 e. The Kier molecular flexibility index (Phi) is 9.68. The van der Waals surface area contributed by atoms with E-state index in [1.807, 2.05) is 12.3 Å². The Balaban J connectivity index is 1.48. The fraction of sp³-hybridized carbons (Fsp3) is 0.786. The molecule has 4 N–H and O–H groups in total. The van der Waals surface area contributed by atoms with E-state index in [0.29, 0.717) is 41.7 Å². The number of nitrogens with zero attached hydrogens (tertiary/aromatic N) is 3. The highest BCUT2D eigenvalue weighted by Gasteiger charge is 2.68. The molecule has 42 heavy (non-hydrogen) atoms. The van der Waals surface area contributed by atoms with E-state index in [4.69, 9.17) is 15.0 Å². The number of hydrazine groups is 1. The molecule has 1 saturated heterocycles. The van der Waals surface area contributed by atoms with Crippen LogP contribution in [0.3, 0.4) is 0 Å². The van der Waals surface area contributed by atoms with Crippen LogP contribution in [0.5, 0.6) is 0 Å². The number of Topliss-reactive ketones (excluding diaryl/α,β-unsaturated/α-hetero) is 1. The minimum atomic E-state index is -0.782. The molecule has 0 unspecified atom stereocenters. The fourth-order valence-corrected chi connectivity index (χ4v) is 8.08. The third-order valence-electron chi connectivity index (χ3n) is 9.51. The van der Waals surface area contributed by atoms with E-state index in [1.54, 1.807) is 6.92 Å². The molecule has 1 aromatic heterocycles. The normalized spacial score (nSPS) is 27.7. The molecule has 3 aliphatic carbocycles. The highest BCUT2D eigenvalue weighted by Crippen LogP contribution is 2.65. The number of guanidine groups is 1. The van der Waals surface area contributed by atoms with Gasteiger partial charge in [0, 0.05) is 18.9 Å². The van der Waals surface area contributed by atoms with Crippen LogP contribution >= 0.6 is 11.3 Å². The van der Waals surface area contributed by atoms with Gasteiger partial charge >= 0.3 is 7.12 Å². The Morgan fingerprint density at radius 3 is 2.60 bits per heavy atom. The van der Waals surface area contributed by atoms with Crippen molar-refractivity contribution in [3.05, 3.63) is 25.7 Å². The lowest BCUT2D eigenvalue weighted by molar-refractivity contribution is -0.525. The van der Waals surface area contributed by atoms with Gasteiger partial charge in [-0.1, -0.05) is 33.1 Å². The summed E-state index contributed by atoms with van der Waals surface area (Å²) in [6, 6.07) is 0. The molecule has 0 radical (unpaired) electrons. The van der Waals surface area contributed by atoms with Gasteiger partial charge in [0.05, 0.1) is 33.2 Å². The lowest BCUT2D eigenvalue weighted by atomic mass is 9.43. The topological polar surface area (TPSA) is 171 Å². The van der Waals surface area contributed by atoms with Crippen molar-refractivity contribution in [3.63, 3.8) is 0 Å². The number of nitrogens with two attached hydrogens (primary N) is 1. The van der Waals surface area contributed by atoms with Crippen molar-refractivity contribution in [2.24, 2.45) is 39.8 Å². The first-order valence-electron chi connectivity index (χ1n) is 14.9. The van der Waals surface area contributed by atoms with E-state index >= 15 is 0 Å². The number of aliphatic imine (C=N–C) groups is 1. The van der Waals surface area contributed by atoms with Gasteiger partial charge in [0.25, 0.3) is 5.96 Å². The number of nitrogens with one attached hydrogen (secondary N) is 2. The maximum absolute atomic E-state index is 13.8. The summed E-state index contributed by atoms with van der Waals surface area (Å²) in [6.07, 6.45) is 3.54. The number of carbonyl (C=O) groups is 2. The van der Waals surface area contributed by atoms with Crippen LogP contribution in [0.4, 0.5) is 0 Å². The molecule has 5 rings (SSSR count). The van der Waals surface area contributed by atoms with E-state index in [9.17, 15) is 19.7 Å². The van der Waals surface area contributed by atoms with E-state index in [1.165, 1.54) is 11.3 Å². The maximum atomic E-state index is 13.8. The summed E-state index contributed by atoms with van der Waals surface area (Å²) in [5.41, 5.74) is 7.81. The monoisotopic (exact) mass is 604 g/mol. The Bertz CT molecular complexity index is 1220. The summed E-state index contributed by atoms with van der Waals surface area (Å²) >= 11 is 1.33. The Morgan fingerprint density at radius 2 is 2.00 bits per heavy atom. The second-order valence-electron chi connectivity index (χ2n) is 13.3. The van der Waals surface area contributed by atoms with Gasteiger partial charge < -0.3 is 20.4 Å². The van der Waals surface area contributed by atoms with Gasteiger partial charge in [-0.15, -0.1) is 11.3 Å². The molecule has 4 fully saturated rings. The number of hydrogen-bond donors (Lipinski definition) is 3. The van der Waals surface area contributed by atoms with Crippen LogP contribution in [0.1, 0.15) is 93.5 Å². The smallest absolute Gasteiger partial charge is 0.404 e. The van der Waals surface area contributed by atoms with Crippen molar-refractivity contribution in [2.45, 2.75) is 105 Å². The van der Waals surface area contributed by atoms with Crippen LogP contribution in [0, 0.1) is 53.0 Å². The number of rotatable bonds is 13. The van der Waals surface area contributed by atoms with Crippen molar-refractivity contribution in [1.82, 2.24) is 15.7 Å². The molecule has 232 valence electrons. The quantitative estimate of drug-likeness (QED) is 0.0579. The summed E-state index contributed by atoms with van der Waals surface area (Å²) in [5.74, 6) is -0.400. The van der Waals surface area contributed by atoms with E-state index < -0.39 is 23.7 Å². The van der Waals surface area contributed by atoms with Gasteiger partial charge in [0.15, 0.2) is 10.8 Å². The van der Waals surface area contributed by atoms with Gasteiger partial charge in [0.1, 0.15) is 0 Å². The molecular weight excluding hydrogens is 559 g/mol. The highest BCUT2D eigenvalue weighted by molar-refractivity contribution is 7.13. The SMILES string of the molecule is Cc1nc(C)c(C(=O)C[C@@H](CCCN=C(N)N[N+](=O)[O-])C(=O)N[C@@H](CC(C)C)B2O[C@@H]3C[C@@H]4C[C@@H](C4(C)C)[C@]3(C)O2)s1. The molecule has 4 aliphatic rings. The highest BCUT2D eigenvalue weighted by atomic mass is 32.1. The second kappa shape index (κ2) is 12.6. The number of amides is 1. The number of nitro groups is 1. The zero-order chi connectivity index (χ0) is 31.0. The zero-order valence-electron chi connectivity index (χ0n) is 25.8. The third kappa shape index (κ3) is 6.80. The molecule has 3 saturated carbocycles. The summed E-state index contributed by atoms with van der Waals surface area (Å²) in [4.78, 5) is 46.6. The average molecular weight is 605 g/mol. The Labute approximate surface area is 252 Å². The molecule has 0 spiro atoms. The van der Waals surface area contributed by atoms with Gasteiger partial charge in [-0.05, 0) is 76.0 Å². The second-order valence-corrected chi connectivity index (χ2v) is 14.5. The lowest BCUT2D eigenvalue weighted by Crippen LogP contribution is -2.65. The zero-order valence-corrected chi connectivity index (χ0v) is 26.6. The standard InChI is InChI=1S/C28H45BN6O6S/c1-15(2)11-23(29-40-22-14-19-13-21(27(19,5)6)28(22,7)41-29)33-25(37)18(9-8-10-31-26(30)34-35(38)39)12-20(36)24-16(3)32-17(4)42-24/h15,18-19,21-23H,8-14H2,1-7H3,(H,33,37)(H3,30,31,34)/t18-,19+,21+,22-,23+,28+/m1/s1. The first-order chi connectivity index (χ1) is 19.6. The number of aryl methyl sites for hydroxylation is 2. The molecule has 1 aliphatic heterocycles. The number of ketones is 1. The van der Waals surface area contributed by atoms with E-state index in [0.717, 1.165) is 17.8 Å². The van der Waals surface area contributed by atoms with Gasteiger partial charge in [-0.2, -0.15) is 0 Å². The van der Waals surface area contributed by atoms with Crippen LogP contribution in [0.2, 0.25) is 0 Å². The summed E-state index contributed by atoms with van der Waals surface area (Å²) < 4.78 is 13.2. The van der Waals surface area contributed by atoms with Crippen LogP contribution in [-0.2, 0) is 14.1 Å². The third-order valence-corrected chi connectivity index (χ3v) is 10.6. The first-order valence-corrected chi connectivity index (χ1v) is 15.7. The molecule has 6 atom stereocenters.